The van der Waals surface area contributed by atoms with Crippen LogP contribution in [-0.2, 0) is 20.1 Å². The van der Waals surface area contributed by atoms with E-state index < -0.39 is 5.97 Å². The van der Waals surface area contributed by atoms with Gasteiger partial charge in [0.05, 0.1) is 12.0 Å². The van der Waals surface area contributed by atoms with E-state index in [2.05, 4.69) is 17.4 Å². The van der Waals surface area contributed by atoms with Crippen molar-refractivity contribution in [3.63, 3.8) is 0 Å². The minimum Gasteiger partial charge on any atom is -0.477 e. The van der Waals surface area contributed by atoms with E-state index in [1.54, 1.807) is 17.2 Å². The molecule has 148 valence electrons. The zero-order valence-electron chi connectivity index (χ0n) is 15.6. The molecule has 2 amide bonds. The summed E-state index contributed by atoms with van der Waals surface area (Å²) >= 11 is 2.96. The van der Waals surface area contributed by atoms with Crippen LogP contribution in [0.2, 0.25) is 0 Å². The van der Waals surface area contributed by atoms with Gasteiger partial charge in [-0.25, -0.2) is 4.79 Å². The molecule has 6 nitrogen and oxygen atoms in total. The Hall–Kier alpha value is -2.19. The first-order chi connectivity index (χ1) is 13.4. The largest absolute Gasteiger partial charge is 0.477 e. The summed E-state index contributed by atoms with van der Waals surface area (Å²) in [6.45, 7) is 3.44. The zero-order valence-corrected chi connectivity index (χ0v) is 17.3. The molecule has 1 fully saturated rings. The number of amides is 2. The zero-order chi connectivity index (χ0) is 20.3. The molecule has 1 aromatic rings. The van der Waals surface area contributed by atoms with Gasteiger partial charge in [-0.3, -0.25) is 9.59 Å². The molecule has 3 rings (SSSR count). The monoisotopic (exact) mass is 418 g/mol. The van der Waals surface area contributed by atoms with Crippen LogP contribution < -0.4 is 5.32 Å². The van der Waals surface area contributed by atoms with E-state index >= 15 is 0 Å². The number of nitrogens with one attached hydrogen (secondary N) is 1. The molecular weight excluding hydrogens is 396 g/mol. The SMILES string of the molecule is CC(=O)N/C=C/SC1=C(C(=O)O)N2C(=O)[C@H](C(C)SCc3ccccc3)C2C1. The summed E-state index contributed by atoms with van der Waals surface area (Å²) in [5, 5.41) is 13.8. The van der Waals surface area contributed by atoms with Crippen LogP contribution in [0, 0.1) is 5.92 Å². The molecule has 3 atom stereocenters. The third-order valence-corrected chi connectivity index (χ3v) is 7.03. The van der Waals surface area contributed by atoms with Crippen molar-refractivity contribution in [1.82, 2.24) is 10.2 Å². The number of carboxylic acid groups (broad SMARTS) is 1. The number of thioether (sulfide) groups is 2. The second kappa shape index (κ2) is 8.87. The van der Waals surface area contributed by atoms with Gasteiger partial charge >= 0.3 is 5.97 Å². The minimum absolute atomic E-state index is 0.0731. The predicted octanol–water partition coefficient (Wildman–Crippen LogP) is 3.18. The average Bonchev–Trinajstić information content (AvgIpc) is 2.99. The van der Waals surface area contributed by atoms with Crippen molar-refractivity contribution in [1.29, 1.82) is 0 Å². The quantitative estimate of drug-likeness (QED) is 0.631. The Labute approximate surface area is 172 Å². The fourth-order valence-electron chi connectivity index (χ4n) is 3.50. The maximum Gasteiger partial charge on any atom is 0.353 e. The predicted molar refractivity (Wildman–Crippen MR) is 111 cm³/mol. The highest BCUT2D eigenvalue weighted by Gasteiger charge is 2.56. The van der Waals surface area contributed by atoms with Gasteiger partial charge in [0.2, 0.25) is 11.8 Å². The topological polar surface area (TPSA) is 86.7 Å². The highest BCUT2D eigenvalue weighted by molar-refractivity contribution is 8.05. The van der Waals surface area contributed by atoms with Crippen molar-refractivity contribution in [2.24, 2.45) is 5.92 Å². The van der Waals surface area contributed by atoms with Crippen LogP contribution >= 0.6 is 23.5 Å². The Balaban J connectivity index is 1.64. The molecule has 1 aromatic carbocycles. The van der Waals surface area contributed by atoms with Crippen molar-refractivity contribution in [2.45, 2.75) is 37.3 Å². The Bertz CT molecular complexity index is 838. The molecule has 2 N–H and O–H groups in total. The van der Waals surface area contributed by atoms with Crippen molar-refractivity contribution < 1.29 is 19.5 Å². The highest BCUT2D eigenvalue weighted by atomic mass is 32.2. The molecule has 28 heavy (non-hydrogen) atoms. The number of fused-ring (bicyclic) bond motifs is 1. The summed E-state index contributed by atoms with van der Waals surface area (Å²) in [5.74, 6) is -0.760. The first-order valence-electron chi connectivity index (χ1n) is 8.94. The lowest BCUT2D eigenvalue weighted by molar-refractivity contribution is -0.154. The number of carboxylic acids is 1. The van der Waals surface area contributed by atoms with E-state index in [9.17, 15) is 19.5 Å². The number of aliphatic carboxylic acids is 1. The first-order valence-corrected chi connectivity index (χ1v) is 10.9. The van der Waals surface area contributed by atoms with E-state index in [0.29, 0.717) is 11.3 Å². The number of carbonyl (C=O) groups is 3. The van der Waals surface area contributed by atoms with Gasteiger partial charge in [-0.05, 0) is 11.0 Å². The molecule has 2 aliphatic heterocycles. The third-order valence-electron chi connectivity index (χ3n) is 4.80. The normalized spacial score (nSPS) is 22.2. The second-order valence-electron chi connectivity index (χ2n) is 6.71. The highest BCUT2D eigenvalue weighted by Crippen LogP contribution is 2.49. The lowest BCUT2D eigenvalue weighted by Crippen LogP contribution is -2.61. The van der Waals surface area contributed by atoms with E-state index in [1.165, 1.54) is 35.3 Å². The fourth-order valence-corrected chi connectivity index (χ4v) is 5.51. The van der Waals surface area contributed by atoms with E-state index in [-0.39, 0.29) is 34.7 Å². The van der Waals surface area contributed by atoms with Gasteiger partial charge in [-0.15, -0.1) is 0 Å². The van der Waals surface area contributed by atoms with E-state index in [1.807, 2.05) is 25.1 Å². The van der Waals surface area contributed by atoms with Gasteiger partial charge in [-0.2, -0.15) is 11.8 Å². The standard InChI is InChI=1S/C20H22N2O4S2/c1-12(28-11-14-6-4-3-5-7-14)17-15-10-16(27-9-8-21-13(2)23)18(20(25)26)22(15)19(17)24/h3-9,12,15,17H,10-11H2,1-2H3,(H,21,23)(H,25,26)/b9-8+/t12?,15?,17-/m1/s1. The van der Waals surface area contributed by atoms with Crippen LogP contribution in [0.3, 0.4) is 0 Å². The lowest BCUT2D eigenvalue weighted by atomic mass is 9.85. The summed E-state index contributed by atoms with van der Waals surface area (Å²) < 4.78 is 0. The molecular formula is C20H22N2O4S2. The summed E-state index contributed by atoms with van der Waals surface area (Å²) in [5.41, 5.74) is 1.28. The van der Waals surface area contributed by atoms with Crippen LogP contribution in [0.15, 0.2) is 52.5 Å². The van der Waals surface area contributed by atoms with Crippen LogP contribution in [0.4, 0.5) is 0 Å². The maximum absolute atomic E-state index is 12.7. The maximum atomic E-state index is 12.7. The Morgan fingerprint density at radius 1 is 1.36 bits per heavy atom. The molecule has 2 heterocycles. The third kappa shape index (κ3) is 4.28. The number of carbonyl (C=O) groups excluding carboxylic acids is 2. The molecule has 0 radical (unpaired) electrons. The number of β-lactam (4-membered cyclic amide) rings is 1. The van der Waals surface area contributed by atoms with Gasteiger partial charge in [-0.1, -0.05) is 49.0 Å². The van der Waals surface area contributed by atoms with E-state index in [4.69, 9.17) is 0 Å². The summed E-state index contributed by atoms with van der Waals surface area (Å²) in [4.78, 5) is 37.4. The van der Waals surface area contributed by atoms with Crippen LogP contribution in [0.25, 0.3) is 0 Å². The van der Waals surface area contributed by atoms with Gasteiger partial charge in [0, 0.05) is 35.5 Å². The lowest BCUT2D eigenvalue weighted by Gasteiger charge is -2.45. The number of nitrogens with zero attached hydrogens (tertiary/aromatic N) is 1. The van der Waals surface area contributed by atoms with Gasteiger partial charge in [0.25, 0.3) is 0 Å². The van der Waals surface area contributed by atoms with Crippen LogP contribution in [0.5, 0.6) is 0 Å². The number of hydrogen-bond acceptors (Lipinski definition) is 5. The molecule has 2 aliphatic rings. The summed E-state index contributed by atoms with van der Waals surface area (Å²) in [6.07, 6.45) is 2.01. The Kier molecular flexibility index (Phi) is 6.51. The van der Waals surface area contributed by atoms with Crippen LogP contribution in [0.1, 0.15) is 25.8 Å². The van der Waals surface area contributed by atoms with Crippen molar-refractivity contribution in [3.8, 4) is 0 Å². The number of hydrogen-bond donors (Lipinski definition) is 2. The first kappa shape index (κ1) is 20.5. The molecule has 0 saturated carbocycles. The Morgan fingerprint density at radius 2 is 2.07 bits per heavy atom. The van der Waals surface area contributed by atoms with Gasteiger partial charge in [0.15, 0.2) is 0 Å². The molecule has 0 bridgehead atoms. The smallest absolute Gasteiger partial charge is 0.353 e. The molecule has 0 aromatic heterocycles. The molecule has 0 aliphatic carbocycles. The minimum atomic E-state index is -1.09. The van der Waals surface area contributed by atoms with Crippen molar-refractivity contribution in [3.05, 3.63) is 58.1 Å². The number of benzene rings is 1. The molecule has 1 saturated heterocycles. The molecule has 8 heteroatoms. The van der Waals surface area contributed by atoms with Crippen LogP contribution in [-0.4, -0.2) is 39.1 Å². The summed E-state index contributed by atoms with van der Waals surface area (Å²) in [6, 6.07) is 9.98. The summed E-state index contributed by atoms with van der Waals surface area (Å²) in [7, 11) is 0. The number of rotatable bonds is 8. The average molecular weight is 419 g/mol. The van der Waals surface area contributed by atoms with E-state index in [0.717, 1.165) is 5.75 Å². The second-order valence-corrected chi connectivity index (χ2v) is 9.07. The van der Waals surface area contributed by atoms with Gasteiger partial charge in [0.1, 0.15) is 5.70 Å². The van der Waals surface area contributed by atoms with Crippen molar-refractivity contribution >= 4 is 41.3 Å². The molecule has 2 unspecified atom stereocenters. The fraction of sp³-hybridized carbons (Fsp3) is 0.350. The van der Waals surface area contributed by atoms with Gasteiger partial charge < -0.3 is 15.3 Å². The molecule has 0 spiro atoms. The van der Waals surface area contributed by atoms with Crippen molar-refractivity contribution in [2.75, 3.05) is 0 Å². The Morgan fingerprint density at radius 3 is 2.71 bits per heavy atom.